The maximum Gasteiger partial charge on any atom is 0.317 e. The molecule has 0 aromatic carbocycles. The van der Waals surface area contributed by atoms with Gasteiger partial charge in [-0.3, -0.25) is 9.69 Å². The number of hydrogen-bond donors (Lipinski definition) is 1. The van der Waals surface area contributed by atoms with Crippen LogP contribution >= 0.6 is 0 Å². The van der Waals surface area contributed by atoms with E-state index >= 15 is 0 Å². The molecular weight excluding hydrogens is 161 g/mol. The number of alkyl halides is 1. The maximum atomic E-state index is 11.9. The molecule has 4 heteroatoms. The number of nitrogens with zero attached hydrogens (tertiary/aromatic N) is 1. The Kier molecular flexibility index (Phi) is 3.47. The number of carboxylic acid groups (broad SMARTS) is 1. The normalized spacial score (nSPS) is 16.8. The standard InChI is InChI=1S/C8H14FNO2/c9-3-4-10(6-8(11)12)5-7-1-2-7/h7H,1-6H2,(H,11,12). The van der Waals surface area contributed by atoms with Gasteiger partial charge in [0.05, 0.1) is 6.54 Å². The number of hydrogen-bond acceptors (Lipinski definition) is 2. The zero-order chi connectivity index (χ0) is 8.97. The molecule has 12 heavy (non-hydrogen) atoms. The van der Waals surface area contributed by atoms with Crippen molar-refractivity contribution in [3.63, 3.8) is 0 Å². The first kappa shape index (κ1) is 9.45. The molecule has 0 amide bonds. The van der Waals surface area contributed by atoms with E-state index in [-0.39, 0.29) is 13.1 Å². The Balaban J connectivity index is 2.20. The van der Waals surface area contributed by atoms with Crippen molar-refractivity contribution in [3.8, 4) is 0 Å². The van der Waals surface area contributed by atoms with Gasteiger partial charge in [0.15, 0.2) is 0 Å². The minimum atomic E-state index is -0.871. The Labute approximate surface area is 71.2 Å². The van der Waals surface area contributed by atoms with Gasteiger partial charge >= 0.3 is 5.97 Å². The summed E-state index contributed by atoms with van der Waals surface area (Å²) in [7, 11) is 0. The highest BCUT2D eigenvalue weighted by atomic mass is 19.1. The second kappa shape index (κ2) is 4.40. The lowest BCUT2D eigenvalue weighted by Crippen LogP contribution is -2.33. The molecule has 1 aliphatic carbocycles. The first-order valence-corrected chi connectivity index (χ1v) is 4.22. The topological polar surface area (TPSA) is 40.5 Å². The van der Waals surface area contributed by atoms with Gasteiger partial charge in [0.25, 0.3) is 0 Å². The number of carbonyl (C=O) groups is 1. The molecule has 0 radical (unpaired) electrons. The highest BCUT2D eigenvalue weighted by molar-refractivity contribution is 5.69. The van der Waals surface area contributed by atoms with Gasteiger partial charge in [-0.25, -0.2) is 4.39 Å². The lowest BCUT2D eigenvalue weighted by atomic mass is 10.3. The summed E-state index contributed by atoms with van der Waals surface area (Å²) >= 11 is 0. The van der Waals surface area contributed by atoms with Crippen LogP contribution in [0.3, 0.4) is 0 Å². The predicted molar refractivity (Wildman–Crippen MR) is 42.8 cm³/mol. The molecule has 70 valence electrons. The Bertz CT molecular complexity index is 159. The van der Waals surface area contributed by atoms with Crippen LogP contribution in [0.5, 0.6) is 0 Å². The predicted octanol–water partition coefficient (Wildman–Crippen LogP) is 0.752. The van der Waals surface area contributed by atoms with E-state index in [0.29, 0.717) is 5.92 Å². The lowest BCUT2D eigenvalue weighted by Gasteiger charge is -2.17. The van der Waals surface area contributed by atoms with E-state index in [1.165, 1.54) is 12.8 Å². The van der Waals surface area contributed by atoms with Crippen molar-refractivity contribution < 1.29 is 14.3 Å². The molecule has 0 aromatic heterocycles. The van der Waals surface area contributed by atoms with Crippen molar-refractivity contribution >= 4 is 5.97 Å². The minimum Gasteiger partial charge on any atom is -0.480 e. The van der Waals surface area contributed by atoms with Crippen molar-refractivity contribution in [1.29, 1.82) is 0 Å². The second-order valence-electron chi connectivity index (χ2n) is 3.26. The van der Waals surface area contributed by atoms with Crippen molar-refractivity contribution in [1.82, 2.24) is 4.90 Å². The molecule has 0 spiro atoms. The molecule has 0 bridgehead atoms. The van der Waals surface area contributed by atoms with Gasteiger partial charge in [0.1, 0.15) is 6.67 Å². The molecule has 0 aromatic rings. The number of aliphatic carboxylic acids is 1. The van der Waals surface area contributed by atoms with Crippen LogP contribution in [-0.4, -0.2) is 42.3 Å². The summed E-state index contributed by atoms with van der Waals surface area (Å²) in [4.78, 5) is 12.0. The molecular formula is C8H14FNO2. The van der Waals surface area contributed by atoms with E-state index in [9.17, 15) is 9.18 Å². The van der Waals surface area contributed by atoms with Crippen molar-refractivity contribution in [2.24, 2.45) is 5.92 Å². The van der Waals surface area contributed by atoms with Crippen LogP contribution in [0.15, 0.2) is 0 Å². The van der Waals surface area contributed by atoms with Crippen LogP contribution in [0, 0.1) is 5.92 Å². The summed E-state index contributed by atoms with van der Waals surface area (Å²) in [5.74, 6) is -0.250. The summed E-state index contributed by atoms with van der Waals surface area (Å²) in [5.41, 5.74) is 0. The highest BCUT2D eigenvalue weighted by Crippen LogP contribution is 2.29. The van der Waals surface area contributed by atoms with Crippen LogP contribution in [0.2, 0.25) is 0 Å². The first-order valence-electron chi connectivity index (χ1n) is 4.22. The van der Waals surface area contributed by atoms with Gasteiger partial charge < -0.3 is 5.11 Å². The molecule has 0 saturated heterocycles. The minimum absolute atomic E-state index is 0.0274. The molecule has 3 nitrogen and oxygen atoms in total. The van der Waals surface area contributed by atoms with E-state index in [2.05, 4.69) is 0 Å². The molecule has 1 N–H and O–H groups in total. The number of halogens is 1. The molecule has 0 aliphatic heterocycles. The van der Waals surface area contributed by atoms with Crippen LogP contribution in [-0.2, 0) is 4.79 Å². The van der Waals surface area contributed by atoms with Crippen molar-refractivity contribution in [2.45, 2.75) is 12.8 Å². The average Bonchev–Trinajstić information content (AvgIpc) is 2.70. The van der Waals surface area contributed by atoms with Crippen molar-refractivity contribution in [3.05, 3.63) is 0 Å². The first-order chi connectivity index (χ1) is 5.72. The molecule has 1 rings (SSSR count). The van der Waals surface area contributed by atoms with Gasteiger partial charge in [0, 0.05) is 13.1 Å². The maximum absolute atomic E-state index is 11.9. The fourth-order valence-electron chi connectivity index (χ4n) is 1.21. The van der Waals surface area contributed by atoms with Gasteiger partial charge in [-0.05, 0) is 18.8 Å². The van der Waals surface area contributed by atoms with Crippen LogP contribution in [0.1, 0.15) is 12.8 Å². The summed E-state index contributed by atoms with van der Waals surface area (Å²) in [6.07, 6.45) is 2.34. The zero-order valence-electron chi connectivity index (χ0n) is 7.00. The third kappa shape index (κ3) is 3.67. The van der Waals surface area contributed by atoms with E-state index in [1.54, 1.807) is 4.90 Å². The van der Waals surface area contributed by atoms with E-state index in [0.717, 1.165) is 6.54 Å². The molecule has 0 heterocycles. The smallest absolute Gasteiger partial charge is 0.317 e. The molecule has 1 saturated carbocycles. The summed E-state index contributed by atoms with van der Waals surface area (Å²) in [6, 6.07) is 0. The lowest BCUT2D eigenvalue weighted by molar-refractivity contribution is -0.138. The Morgan fingerprint density at radius 2 is 2.25 bits per heavy atom. The van der Waals surface area contributed by atoms with E-state index < -0.39 is 12.6 Å². The Morgan fingerprint density at radius 1 is 1.58 bits per heavy atom. The average molecular weight is 175 g/mol. The van der Waals surface area contributed by atoms with Gasteiger partial charge in [-0.2, -0.15) is 0 Å². The third-order valence-corrected chi connectivity index (χ3v) is 1.97. The fourth-order valence-corrected chi connectivity index (χ4v) is 1.21. The quantitative estimate of drug-likeness (QED) is 0.647. The van der Waals surface area contributed by atoms with Crippen LogP contribution < -0.4 is 0 Å². The van der Waals surface area contributed by atoms with Crippen molar-refractivity contribution in [2.75, 3.05) is 26.3 Å². The molecule has 1 aliphatic rings. The van der Waals surface area contributed by atoms with E-state index in [4.69, 9.17) is 5.11 Å². The molecule has 0 atom stereocenters. The van der Waals surface area contributed by atoms with Crippen LogP contribution in [0.25, 0.3) is 0 Å². The van der Waals surface area contributed by atoms with Gasteiger partial charge in [-0.15, -0.1) is 0 Å². The van der Waals surface area contributed by atoms with Crippen LogP contribution in [0.4, 0.5) is 4.39 Å². The molecule has 1 fully saturated rings. The summed E-state index contributed by atoms with van der Waals surface area (Å²) < 4.78 is 11.9. The molecule has 0 unspecified atom stereocenters. The summed E-state index contributed by atoms with van der Waals surface area (Å²) in [5, 5.41) is 8.48. The SMILES string of the molecule is O=C(O)CN(CCF)CC1CC1. The number of rotatable bonds is 6. The van der Waals surface area contributed by atoms with E-state index in [1.807, 2.05) is 0 Å². The summed E-state index contributed by atoms with van der Waals surface area (Å²) in [6.45, 7) is 0.513. The largest absolute Gasteiger partial charge is 0.480 e. The fraction of sp³-hybridized carbons (Fsp3) is 0.875. The van der Waals surface area contributed by atoms with Gasteiger partial charge in [0.2, 0.25) is 0 Å². The third-order valence-electron chi connectivity index (χ3n) is 1.97. The van der Waals surface area contributed by atoms with Gasteiger partial charge in [-0.1, -0.05) is 0 Å². The Morgan fingerprint density at radius 3 is 2.67 bits per heavy atom. The highest BCUT2D eigenvalue weighted by Gasteiger charge is 2.24. The zero-order valence-corrected chi connectivity index (χ0v) is 7.00. The second-order valence-corrected chi connectivity index (χ2v) is 3.26. The monoisotopic (exact) mass is 175 g/mol. The number of carboxylic acids is 1. The Hall–Kier alpha value is -0.640.